The first-order valence-electron chi connectivity index (χ1n) is 7.74. The van der Waals surface area contributed by atoms with Crippen LogP contribution in [0.5, 0.6) is 0 Å². The van der Waals surface area contributed by atoms with Crippen molar-refractivity contribution in [3.63, 3.8) is 0 Å². The van der Waals surface area contributed by atoms with Crippen LogP contribution in [0.15, 0.2) is 0 Å². The standard InChI is InChI=1S/C15H32N2O3Si/c1-15(2,3)21(6,7)20-13-10-11(8-9-12(13)16)14(18)17(4)19-5/h11-13H,8-10,16H2,1-7H3/t11-,12+,13-/m0/s1. The highest BCUT2D eigenvalue weighted by Crippen LogP contribution is 2.39. The van der Waals surface area contributed by atoms with E-state index in [0.29, 0.717) is 6.42 Å². The molecule has 1 rings (SSSR count). The fourth-order valence-corrected chi connectivity index (χ4v) is 3.80. The Hall–Kier alpha value is -0.433. The van der Waals surface area contributed by atoms with E-state index < -0.39 is 8.32 Å². The molecule has 0 aromatic heterocycles. The molecular weight excluding hydrogens is 284 g/mol. The fraction of sp³-hybridized carbons (Fsp3) is 0.933. The molecule has 5 nitrogen and oxygen atoms in total. The zero-order valence-corrected chi connectivity index (χ0v) is 15.6. The minimum Gasteiger partial charge on any atom is -0.412 e. The van der Waals surface area contributed by atoms with E-state index >= 15 is 0 Å². The molecule has 0 bridgehead atoms. The largest absolute Gasteiger partial charge is 0.412 e. The van der Waals surface area contributed by atoms with E-state index in [4.69, 9.17) is 15.0 Å². The maximum absolute atomic E-state index is 12.3. The number of nitrogens with zero attached hydrogens (tertiary/aromatic N) is 1. The summed E-state index contributed by atoms with van der Waals surface area (Å²) in [5.41, 5.74) is 6.24. The molecule has 0 aromatic carbocycles. The van der Waals surface area contributed by atoms with E-state index in [0.717, 1.165) is 12.8 Å². The molecule has 1 fully saturated rings. The third-order valence-corrected chi connectivity index (χ3v) is 9.53. The minimum atomic E-state index is -1.87. The number of hydrogen-bond acceptors (Lipinski definition) is 4. The van der Waals surface area contributed by atoms with E-state index in [1.807, 2.05) is 0 Å². The van der Waals surface area contributed by atoms with Gasteiger partial charge in [0, 0.05) is 19.0 Å². The van der Waals surface area contributed by atoms with Gasteiger partial charge in [-0.05, 0) is 37.4 Å². The summed E-state index contributed by atoms with van der Waals surface area (Å²) in [7, 11) is 1.29. The van der Waals surface area contributed by atoms with Gasteiger partial charge in [0.1, 0.15) is 0 Å². The average molecular weight is 317 g/mol. The normalized spacial score (nSPS) is 27.5. The van der Waals surface area contributed by atoms with Gasteiger partial charge in [-0.1, -0.05) is 20.8 Å². The Bertz CT molecular complexity index is 368. The molecule has 6 heteroatoms. The van der Waals surface area contributed by atoms with Crippen LogP contribution in [0.25, 0.3) is 0 Å². The molecule has 124 valence electrons. The quantitative estimate of drug-likeness (QED) is 0.639. The molecule has 1 aliphatic carbocycles. The summed E-state index contributed by atoms with van der Waals surface area (Å²) in [6.07, 6.45) is 2.30. The Kier molecular flexibility index (Phi) is 6.00. The Balaban J connectivity index is 2.76. The number of hydroxylamine groups is 2. The highest BCUT2D eigenvalue weighted by Gasteiger charge is 2.43. The van der Waals surface area contributed by atoms with Crippen LogP contribution in [-0.2, 0) is 14.1 Å². The number of rotatable bonds is 4. The van der Waals surface area contributed by atoms with Crippen molar-refractivity contribution in [1.82, 2.24) is 5.06 Å². The van der Waals surface area contributed by atoms with Crippen molar-refractivity contribution < 1.29 is 14.1 Å². The van der Waals surface area contributed by atoms with E-state index in [1.165, 1.54) is 12.2 Å². The van der Waals surface area contributed by atoms with Crippen LogP contribution in [0, 0.1) is 5.92 Å². The summed E-state index contributed by atoms with van der Waals surface area (Å²) in [6.45, 7) is 11.1. The Morgan fingerprint density at radius 3 is 2.33 bits per heavy atom. The predicted molar refractivity (Wildman–Crippen MR) is 87.2 cm³/mol. The summed E-state index contributed by atoms with van der Waals surface area (Å²) in [5, 5.41) is 1.46. The molecule has 0 saturated heterocycles. The van der Waals surface area contributed by atoms with E-state index in [-0.39, 0.29) is 29.0 Å². The monoisotopic (exact) mass is 316 g/mol. The van der Waals surface area contributed by atoms with Gasteiger partial charge in [-0.25, -0.2) is 5.06 Å². The van der Waals surface area contributed by atoms with Crippen molar-refractivity contribution in [2.75, 3.05) is 14.2 Å². The fourth-order valence-electron chi connectivity index (χ4n) is 2.41. The summed E-state index contributed by atoms with van der Waals surface area (Å²) >= 11 is 0. The second kappa shape index (κ2) is 6.77. The van der Waals surface area contributed by atoms with Gasteiger partial charge in [-0.15, -0.1) is 0 Å². The lowest BCUT2D eigenvalue weighted by atomic mass is 9.84. The molecule has 0 heterocycles. The predicted octanol–water partition coefficient (Wildman–Crippen LogP) is 2.52. The maximum atomic E-state index is 12.3. The number of hydrogen-bond donors (Lipinski definition) is 1. The van der Waals surface area contributed by atoms with Gasteiger partial charge in [0.05, 0.1) is 13.2 Å². The van der Waals surface area contributed by atoms with Crippen LogP contribution in [0.3, 0.4) is 0 Å². The van der Waals surface area contributed by atoms with Crippen LogP contribution in [0.2, 0.25) is 18.1 Å². The molecule has 3 atom stereocenters. The Morgan fingerprint density at radius 1 is 1.29 bits per heavy atom. The number of nitrogens with two attached hydrogens (primary N) is 1. The Morgan fingerprint density at radius 2 is 1.86 bits per heavy atom. The van der Waals surface area contributed by atoms with E-state index in [9.17, 15) is 4.79 Å². The number of carbonyl (C=O) groups excluding carboxylic acids is 1. The average Bonchev–Trinajstić information content (AvgIpc) is 2.38. The highest BCUT2D eigenvalue weighted by molar-refractivity contribution is 6.74. The van der Waals surface area contributed by atoms with E-state index in [1.54, 1.807) is 7.05 Å². The van der Waals surface area contributed by atoms with Crippen LogP contribution >= 0.6 is 0 Å². The zero-order valence-electron chi connectivity index (χ0n) is 14.6. The first-order chi connectivity index (χ1) is 9.49. The van der Waals surface area contributed by atoms with Gasteiger partial charge in [-0.3, -0.25) is 9.63 Å². The molecular formula is C15H32N2O3Si. The minimum absolute atomic E-state index is 0.0215. The molecule has 1 saturated carbocycles. The number of carbonyl (C=O) groups is 1. The van der Waals surface area contributed by atoms with Gasteiger partial charge in [0.15, 0.2) is 8.32 Å². The molecule has 0 aromatic rings. The summed E-state index contributed by atoms with van der Waals surface area (Å²) in [5.74, 6) is -0.0299. The smallest absolute Gasteiger partial charge is 0.249 e. The highest BCUT2D eigenvalue weighted by atomic mass is 28.4. The molecule has 1 amide bonds. The molecule has 0 unspecified atom stereocenters. The van der Waals surface area contributed by atoms with Crippen LogP contribution in [0.1, 0.15) is 40.0 Å². The van der Waals surface area contributed by atoms with E-state index in [2.05, 4.69) is 33.9 Å². The first-order valence-corrected chi connectivity index (χ1v) is 10.7. The second-order valence-electron chi connectivity index (χ2n) is 7.61. The maximum Gasteiger partial charge on any atom is 0.249 e. The van der Waals surface area contributed by atoms with Gasteiger partial charge in [-0.2, -0.15) is 0 Å². The van der Waals surface area contributed by atoms with Crippen molar-refractivity contribution in [2.45, 2.75) is 70.3 Å². The lowest BCUT2D eigenvalue weighted by Gasteiger charge is -2.43. The summed E-state index contributed by atoms with van der Waals surface area (Å²) in [4.78, 5) is 17.3. The van der Waals surface area contributed by atoms with Gasteiger partial charge in [0.25, 0.3) is 0 Å². The molecule has 1 aliphatic rings. The van der Waals surface area contributed by atoms with Gasteiger partial charge >= 0.3 is 0 Å². The van der Waals surface area contributed by atoms with Gasteiger partial charge < -0.3 is 10.2 Å². The van der Waals surface area contributed by atoms with Crippen LogP contribution in [0.4, 0.5) is 0 Å². The Labute approximate surface area is 130 Å². The molecule has 21 heavy (non-hydrogen) atoms. The summed E-state index contributed by atoms with van der Waals surface area (Å²) < 4.78 is 6.45. The van der Waals surface area contributed by atoms with Crippen LogP contribution < -0.4 is 5.73 Å². The molecule has 2 N–H and O–H groups in total. The van der Waals surface area contributed by atoms with Crippen molar-refractivity contribution in [1.29, 1.82) is 0 Å². The molecule has 0 aliphatic heterocycles. The van der Waals surface area contributed by atoms with Crippen molar-refractivity contribution >= 4 is 14.2 Å². The SMILES string of the molecule is CON(C)C(=O)[C@H]1CC[C@@H](N)[C@@H](O[Si](C)(C)C(C)(C)C)C1. The third kappa shape index (κ3) is 4.52. The number of amides is 1. The van der Waals surface area contributed by atoms with Gasteiger partial charge in [0.2, 0.25) is 5.91 Å². The van der Waals surface area contributed by atoms with Crippen LogP contribution in [-0.4, -0.2) is 45.6 Å². The summed E-state index contributed by atoms with van der Waals surface area (Å²) in [6, 6.07) is 0.0241. The molecule has 0 radical (unpaired) electrons. The van der Waals surface area contributed by atoms with Crippen molar-refractivity contribution in [2.24, 2.45) is 11.7 Å². The molecule has 0 spiro atoms. The topological polar surface area (TPSA) is 64.8 Å². The lowest BCUT2D eigenvalue weighted by molar-refractivity contribution is -0.175. The zero-order chi connectivity index (χ0) is 16.4. The van der Waals surface area contributed by atoms with Crippen molar-refractivity contribution in [3.8, 4) is 0 Å². The van der Waals surface area contributed by atoms with Crippen molar-refractivity contribution in [3.05, 3.63) is 0 Å². The second-order valence-corrected chi connectivity index (χ2v) is 12.4. The first kappa shape index (κ1) is 18.6. The third-order valence-electron chi connectivity index (χ3n) is 5.03. The lowest BCUT2D eigenvalue weighted by Crippen LogP contribution is -2.52.